The van der Waals surface area contributed by atoms with E-state index in [1.54, 1.807) is 26.0 Å². The van der Waals surface area contributed by atoms with Gasteiger partial charge in [-0.1, -0.05) is 6.07 Å². The third-order valence-corrected chi connectivity index (χ3v) is 3.16. The van der Waals surface area contributed by atoms with Gasteiger partial charge in [0.25, 0.3) is 5.91 Å². The predicted molar refractivity (Wildman–Crippen MR) is 77.2 cm³/mol. The molecule has 0 aliphatic heterocycles. The molecule has 2 rings (SSSR count). The van der Waals surface area contributed by atoms with Crippen LogP contribution in [-0.4, -0.2) is 17.0 Å². The first-order valence-corrected chi connectivity index (χ1v) is 6.30. The molecule has 0 radical (unpaired) electrons. The van der Waals surface area contributed by atoms with Gasteiger partial charge in [-0.15, -0.1) is 0 Å². The van der Waals surface area contributed by atoms with Crippen molar-refractivity contribution in [2.75, 3.05) is 5.32 Å². The number of carbonyl (C=O) groups excluding carboxylic acids is 1. The topological polar surface area (TPSA) is 66.4 Å². The summed E-state index contributed by atoms with van der Waals surface area (Å²) in [6, 6.07) is 8.52. The third kappa shape index (κ3) is 3.25. The quantitative estimate of drug-likeness (QED) is 0.909. The first-order valence-electron chi connectivity index (χ1n) is 6.30. The van der Waals surface area contributed by atoms with Crippen LogP contribution >= 0.6 is 0 Å². The van der Waals surface area contributed by atoms with Gasteiger partial charge in [0.1, 0.15) is 5.82 Å². The van der Waals surface area contributed by atoms with E-state index in [1.807, 2.05) is 0 Å². The van der Waals surface area contributed by atoms with Crippen molar-refractivity contribution in [2.24, 2.45) is 0 Å². The molecule has 0 aliphatic rings. The maximum atomic E-state index is 13.0. The fourth-order valence-corrected chi connectivity index (χ4v) is 2.01. The van der Waals surface area contributed by atoms with Crippen molar-refractivity contribution in [2.45, 2.75) is 13.8 Å². The Balaban J connectivity index is 2.27. The number of nitrogens with one attached hydrogen (secondary N) is 1. The van der Waals surface area contributed by atoms with Crippen LogP contribution in [0.25, 0.3) is 0 Å². The minimum absolute atomic E-state index is 0.128. The van der Waals surface area contributed by atoms with E-state index in [2.05, 4.69) is 5.32 Å². The summed E-state index contributed by atoms with van der Waals surface area (Å²) in [5, 5.41) is 11.7. The molecule has 0 unspecified atom stereocenters. The highest BCUT2D eigenvalue weighted by Crippen LogP contribution is 2.17. The molecule has 2 aromatic carbocycles. The largest absolute Gasteiger partial charge is 0.478 e. The lowest BCUT2D eigenvalue weighted by atomic mass is 10.1. The van der Waals surface area contributed by atoms with E-state index < -0.39 is 17.7 Å². The van der Waals surface area contributed by atoms with Gasteiger partial charge < -0.3 is 10.4 Å². The molecule has 0 bridgehead atoms. The Morgan fingerprint density at radius 1 is 1.00 bits per heavy atom. The van der Waals surface area contributed by atoms with Gasteiger partial charge in [0.15, 0.2) is 0 Å². The summed E-state index contributed by atoms with van der Waals surface area (Å²) in [4.78, 5) is 23.2. The van der Waals surface area contributed by atoms with Crippen LogP contribution in [0.3, 0.4) is 0 Å². The van der Waals surface area contributed by atoms with E-state index in [4.69, 9.17) is 5.11 Å². The summed E-state index contributed by atoms with van der Waals surface area (Å²) in [6.45, 7) is 3.31. The molecule has 2 aromatic rings. The minimum Gasteiger partial charge on any atom is -0.478 e. The highest BCUT2D eigenvalue weighted by Gasteiger charge is 2.12. The second-order valence-corrected chi connectivity index (χ2v) is 4.75. The normalized spacial score (nSPS) is 10.2. The molecule has 108 valence electrons. The van der Waals surface area contributed by atoms with Crippen molar-refractivity contribution in [1.82, 2.24) is 0 Å². The Kier molecular flexibility index (Phi) is 4.03. The van der Waals surface area contributed by atoms with Crippen molar-refractivity contribution in [3.8, 4) is 0 Å². The molecule has 5 heteroatoms. The number of rotatable bonds is 3. The first kappa shape index (κ1) is 14.7. The SMILES string of the molecule is Cc1ccc(NC(=O)c2ccc(F)cc2C)cc1C(=O)O. The molecule has 0 heterocycles. The molecule has 1 amide bonds. The van der Waals surface area contributed by atoms with Crippen molar-refractivity contribution in [1.29, 1.82) is 0 Å². The molecule has 4 nitrogen and oxygen atoms in total. The number of aryl methyl sites for hydroxylation is 2. The summed E-state index contributed by atoms with van der Waals surface area (Å²) in [5.41, 5.74) is 1.97. The first-order chi connectivity index (χ1) is 9.88. The Morgan fingerprint density at radius 2 is 1.71 bits per heavy atom. The molecule has 0 atom stereocenters. The Bertz CT molecular complexity index is 725. The lowest BCUT2D eigenvalue weighted by molar-refractivity contribution is 0.0695. The summed E-state index contributed by atoms with van der Waals surface area (Å²) >= 11 is 0. The zero-order valence-corrected chi connectivity index (χ0v) is 11.6. The van der Waals surface area contributed by atoms with Gasteiger partial charge >= 0.3 is 5.97 Å². The highest BCUT2D eigenvalue weighted by atomic mass is 19.1. The lowest BCUT2D eigenvalue weighted by Gasteiger charge is -2.09. The highest BCUT2D eigenvalue weighted by molar-refractivity contribution is 6.05. The average Bonchev–Trinajstić information content (AvgIpc) is 2.40. The number of hydrogen-bond acceptors (Lipinski definition) is 2. The molecular weight excluding hydrogens is 273 g/mol. The van der Waals surface area contributed by atoms with Gasteiger partial charge in [-0.3, -0.25) is 4.79 Å². The smallest absolute Gasteiger partial charge is 0.336 e. The van der Waals surface area contributed by atoms with Gasteiger partial charge in [-0.05, 0) is 55.3 Å². The number of carbonyl (C=O) groups is 2. The molecule has 0 aliphatic carbocycles. The van der Waals surface area contributed by atoms with Gasteiger partial charge in [-0.2, -0.15) is 0 Å². The van der Waals surface area contributed by atoms with Crippen molar-refractivity contribution in [3.05, 3.63) is 64.5 Å². The maximum Gasteiger partial charge on any atom is 0.336 e. The van der Waals surface area contributed by atoms with Gasteiger partial charge in [-0.25, -0.2) is 9.18 Å². The van der Waals surface area contributed by atoms with Crippen molar-refractivity contribution in [3.63, 3.8) is 0 Å². The standard InChI is InChI=1S/C16H14FNO3/c1-9-3-5-12(8-14(9)16(20)21)18-15(19)13-6-4-11(17)7-10(13)2/h3-8H,1-2H3,(H,18,19)(H,20,21). The molecule has 2 N–H and O–H groups in total. The molecule has 0 spiro atoms. The van der Waals surface area contributed by atoms with E-state index >= 15 is 0 Å². The fourth-order valence-electron chi connectivity index (χ4n) is 2.01. The molecule has 0 fully saturated rings. The van der Waals surface area contributed by atoms with Crippen LogP contribution in [0, 0.1) is 19.7 Å². The molecule has 0 saturated heterocycles. The minimum atomic E-state index is -1.05. The molecular formula is C16H14FNO3. The summed E-state index contributed by atoms with van der Waals surface area (Å²) in [7, 11) is 0. The number of carboxylic acid groups (broad SMARTS) is 1. The van der Waals surface area contributed by atoms with Crippen molar-refractivity contribution < 1.29 is 19.1 Å². The number of halogens is 1. The number of hydrogen-bond donors (Lipinski definition) is 2. The van der Waals surface area contributed by atoms with Gasteiger partial charge in [0.2, 0.25) is 0 Å². The monoisotopic (exact) mass is 287 g/mol. The van der Waals surface area contributed by atoms with Crippen LogP contribution in [0.15, 0.2) is 36.4 Å². The lowest BCUT2D eigenvalue weighted by Crippen LogP contribution is -2.14. The van der Waals surface area contributed by atoms with Crippen molar-refractivity contribution >= 4 is 17.6 Å². The second-order valence-electron chi connectivity index (χ2n) is 4.75. The Hall–Kier alpha value is -2.69. The summed E-state index contributed by atoms with van der Waals surface area (Å²) in [5.74, 6) is -1.87. The predicted octanol–water partition coefficient (Wildman–Crippen LogP) is 3.39. The van der Waals surface area contributed by atoms with Crippen LogP contribution in [0.2, 0.25) is 0 Å². The van der Waals surface area contributed by atoms with Gasteiger partial charge in [0, 0.05) is 11.3 Å². The Labute approximate surface area is 121 Å². The van der Waals surface area contributed by atoms with Gasteiger partial charge in [0.05, 0.1) is 5.56 Å². The second kappa shape index (κ2) is 5.75. The zero-order chi connectivity index (χ0) is 15.6. The van der Waals surface area contributed by atoms with E-state index in [9.17, 15) is 14.0 Å². The number of anilines is 1. The summed E-state index contributed by atoms with van der Waals surface area (Å²) < 4.78 is 13.0. The van der Waals surface area contributed by atoms with Crippen LogP contribution in [0.5, 0.6) is 0 Å². The van der Waals surface area contributed by atoms with Crippen LogP contribution < -0.4 is 5.32 Å². The maximum absolute atomic E-state index is 13.0. The number of benzene rings is 2. The molecule has 0 aromatic heterocycles. The summed E-state index contributed by atoms with van der Waals surface area (Å²) in [6.07, 6.45) is 0. The van der Waals surface area contributed by atoms with E-state index in [1.165, 1.54) is 24.3 Å². The van der Waals surface area contributed by atoms with Crippen LogP contribution in [-0.2, 0) is 0 Å². The van der Waals surface area contributed by atoms with Crippen LogP contribution in [0.1, 0.15) is 31.8 Å². The number of amides is 1. The molecule has 21 heavy (non-hydrogen) atoms. The third-order valence-electron chi connectivity index (χ3n) is 3.16. The molecule has 0 saturated carbocycles. The fraction of sp³-hybridized carbons (Fsp3) is 0.125. The van der Waals surface area contributed by atoms with E-state index in [0.717, 1.165) is 0 Å². The van der Waals surface area contributed by atoms with Crippen LogP contribution in [0.4, 0.5) is 10.1 Å². The zero-order valence-electron chi connectivity index (χ0n) is 11.6. The van der Waals surface area contributed by atoms with E-state index in [0.29, 0.717) is 22.4 Å². The average molecular weight is 287 g/mol. The Morgan fingerprint density at radius 3 is 2.33 bits per heavy atom. The number of aromatic carboxylic acids is 1. The van der Waals surface area contributed by atoms with E-state index in [-0.39, 0.29) is 5.56 Å². The number of carboxylic acids is 1.